The summed E-state index contributed by atoms with van der Waals surface area (Å²) in [5.41, 5.74) is -3.70. The molecule has 0 aliphatic heterocycles. The van der Waals surface area contributed by atoms with Crippen LogP contribution < -0.4 is 5.43 Å². The summed E-state index contributed by atoms with van der Waals surface area (Å²) < 4.78 is 44.1. The van der Waals surface area contributed by atoms with Crippen LogP contribution in [-0.4, -0.2) is 27.2 Å². The summed E-state index contributed by atoms with van der Waals surface area (Å²) in [6.45, 7) is 4.01. The molecule has 7 heteroatoms. The summed E-state index contributed by atoms with van der Waals surface area (Å²) >= 11 is 0. The number of alkyl halides is 3. The van der Waals surface area contributed by atoms with Gasteiger partial charge in [0, 0.05) is 23.7 Å². The number of nitrogens with zero attached hydrogens (tertiary/aromatic N) is 1. The van der Waals surface area contributed by atoms with Crippen LogP contribution >= 0.6 is 0 Å². The molecule has 0 radical (unpaired) electrons. The van der Waals surface area contributed by atoms with Gasteiger partial charge in [0.15, 0.2) is 16.8 Å². The average molecular weight is 472 g/mol. The highest BCUT2D eigenvalue weighted by molar-refractivity contribution is 5.99. The van der Waals surface area contributed by atoms with Gasteiger partial charge in [-0.1, -0.05) is 44.0 Å². The van der Waals surface area contributed by atoms with E-state index >= 15 is 0 Å². The van der Waals surface area contributed by atoms with Gasteiger partial charge in [-0.15, -0.1) is 6.42 Å². The molecule has 1 N–H and O–H groups in total. The van der Waals surface area contributed by atoms with Crippen LogP contribution in [0.1, 0.15) is 67.2 Å². The number of terminal acetylenes is 1. The lowest BCUT2D eigenvalue weighted by Crippen LogP contribution is -2.52. The van der Waals surface area contributed by atoms with E-state index < -0.39 is 35.6 Å². The lowest BCUT2D eigenvalue weighted by Gasteiger charge is -2.39. The zero-order chi connectivity index (χ0) is 25.3. The molecular formula is C27H28F3NO3. The van der Waals surface area contributed by atoms with E-state index in [0.29, 0.717) is 11.1 Å². The van der Waals surface area contributed by atoms with E-state index in [-0.39, 0.29) is 23.0 Å². The van der Waals surface area contributed by atoms with Gasteiger partial charge in [0.25, 0.3) is 0 Å². The maximum atomic E-state index is 14.3. The quantitative estimate of drug-likeness (QED) is 0.430. The number of hydrogen-bond acceptors (Lipinski definition) is 3. The third-order valence-electron chi connectivity index (χ3n) is 6.26. The zero-order valence-corrected chi connectivity index (χ0v) is 19.4. The Morgan fingerprint density at radius 1 is 1.26 bits per heavy atom. The van der Waals surface area contributed by atoms with Crippen molar-refractivity contribution in [2.45, 2.75) is 63.8 Å². The molecule has 1 aliphatic carbocycles. The molecule has 1 aromatic carbocycles. The molecule has 4 nitrogen and oxygen atoms in total. The van der Waals surface area contributed by atoms with Crippen molar-refractivity contribution in [3.05, 3.63) is 75.2 Å². The van der Waals surface area contributed by atoms with Crippen LogP contribution in [-0.2, 0) is 12.0 Å². The second-order valence-electron chi connectivity index (χ2n) is 9.52. The number of rotatable bonds is 8. The van der Waals surface area contributed by atoms with Gasteiger partial charge in [-0.25, -0.2) is 0 Å². The zero-order valence-electron chi connectivity index (χ0n) is 19.4. The number of ketones is 1. The van der Waals surface area contributed by atoms with Gasteiger partial charge in [0.05, 0.1) is 17.8 Å². The maximum Gasteiger partial charge on any atom is 0.418 e. The molecule has 0 spiro atoms. The lowest BCUT2D eigenvalue weighted by molar-refractivity contribution is -0.271. The predicted molar refractivity (Wildman–Crippen MR) is 125 cm³/mol. The summed E-state index contributed by atoms with van der Waals surface area (Å²) in [6.07, 6.45) is 5.66. The molecule has 1 unspecified atom stereocenters. The van der Waals surface area contributed by atoms with Crippen molar-refractivity contribution in [1.82, 2.24) is 4.57 Å². The van der Waals surface area contributed by atoms with Crippen LogP contribution in [0.15, 0.2) is 47.4 Å². The van der Waals surface area contributed by atoms with Crippen molar-refractivity contribution in [3.63, 3.8) is 0 Å². The minimum absolute atomic E-state index is 0.00481. The number of Topliss-reactive ketones (excluding diaryl/α,β-unsaturated/α-hetero) is 1. The standard InChI is InChI=1S/C27H28F3NO3/c1-5-8-22-21(6-2)23(32)13-14-31(22)17-26(34,27(28,29)30)16-25(3,4)20-10-7-9-19(15-20)24(33)18-11-12-18/h2,5,7-10,13-15,18,34H,11-12,16-17H2,1,3-4H3/b8-5-. The fourth-order valence-corrected chi connectivity index (χ4v) is 4.25. The highest BCUT2D eigenvalue weighted by atomic mass is 19.4. The van der Waals surface area contributed by atoms with E-state index in [2.05, 4.69) is 5.92 Å². The van der Waals surface area contributed by atoms with Gasteiger partial charge >= 0.3 is 6.18 Å². The Kier molecular flexibility index (Phi) is 6.95. The highest BCUT2D eigenvalue weighted by Crippen LogP contribution is 2.43. The van der Waals surface area contributed by atoms with Crippen LogP contribution in [0.2, 0.25) is 0 Å². The van der Waals surface area contributed by atoms with E-state index in [4.69, 9.17) is 6.42 Å². The predicted octanol–water partition coefficient (Wildman–Crippen LogP) is 5.12. The van der Waals surface area contributed by atoms with Gasteiger partial charge in [-0.05, 0) is 49.3 Å². The van der Waals surface area contributed by atoms with Crippen LogP contribution in [0.3, 0.4) is 0 Å². The maximum absolute atomic E-state index is 14.3. The van der Waals surface area contributed by atoms with Crippen LogP contribution in [0, 0.1) is 18.3 Å². The number of allylic oxidation sites excluding steroid dienone is 1. The molecule has 3 rings (SSSR count). The van der Waals surface area contributed by atoms with E-state index in [1.165, 1.54) is 12.3 Å². The molecule has 1 heterocycles. The van der Waals surface area contributed by atoms with Crippen molar-refractivity contribution in [1.29, 1.82) is 0 Å². The largest absolute Gasteiger partial charge is 0.418 e. The van der Waals surface area contributed by atoms with Gasteiger partial charge in [-0.3, -0.25) is 9.59 Å². The van der Waals surface area contributed by atoms with E-state index in [1.54, 1.807) is 51.1 Å². The Labute approximate surface area is 197 Å². The van der Waals surface area contributed by atoms with Gasteiger partial charge in [0.1, 0.15) is 0 Å². The van der Waals surface area contributed by atoms with Crippen molar-refractivity contribution in [2.24, 2.45) is 5.92 Å². The molecular weight excluding hydrogens is 443 g/mol. The number of carbonyl (C=O) groups excluding carboxylic acids is 1. The fourth-order valence-electron chi connectivity index (χ4n) is 4.25. The fraction of sp³-hybridized carbons (Fsp3) is 0.407. The Hall–Kier alpha value is -3.11. The summed E-state index contributed by atoms with van der Waals surface area (Å²) in [7, 11) is 0. The van der Waals surface area contributed by atoms with Crippen molar-refractivity contribution < 1.29 is 23.1 Å². The molecule has 1 saturated carbocycles. The first-order valence-electron chi connectivity index (χ1n) is 11.1. The smallest absolute Gasteiger partial charge is 0.379 e. The topological polar surface area (TPSA) is 59.3 Å². The van der Waals surface area contributed by atoms with E-state index in [0.717, 1.165) is 23.5 Å². The summed E-state index contributed by atoms with van der Waals surface area (Å²) in [6, 6.07) is 7.71. The summed E-state index contributed by atoms with van der Waals surface area (Å²) in [5, 5.41) is 11.0. The monoisotopic (exact) mass is 471 g/mol. The minimum Gasteiger partial charge on any atom is -0.379 e. The van der Waals surface area contributed by atoms with E-state index in [9.17, 15) is 27.9 Å². The van der Waals surface area contributed by atoms with Crippen molar-refractivity contribution >= 4 is 11.9 Å². The second-order valence-corrected chi connectivity index (χ2v) is 9.52. The first-order chi connectivity index (χ1) is 15.8. The Morgan fingerprint density at radius 3 is 2.50 bits per heavy atom. The molecule has 2 aromatic rings. The van der Waals surface area contributed by atoms with Crippen molar-refractivity contribution in [2.75, 3.05) is 0 Å². The normalized spacial score (nSPS) is 16.3. The number of halogens is 3. The molecule has 1 aromatic heterocycles. The Bertz CT molecular complexity index is 1210. The van der Waals surface area contributed by atoms with Crippen LogP contribution in [0.4, 0.5) is 13.2 Å². The lowest BCUT2D eigenvalue weighted by atomic mass is 9.74. The SMILES string of the molecule is C#Cc1c(/C=C\C)n(CC(O)(CC(C)(C)c2cccc(C(=O)C3CC3)c2)C(F)(F)F)ccc1=O. The third kappa shape index (κ3) is 5.18. The van der Waals surface area contributed by atoms with Gasteiger partial charge < -0.3 is 9.67 Å². The average Bonchev–Trinajstić information content (AvgIpc) is 3.60. The molecule has 180 valence electrons. The second kappa shape index (κ2) is 9.27. The summed E-state index contributed by atoms with van der Waals surface area (Å²) in [5.74, 6) is 2.22. The van der Waals surface area contributed by atoms with Crippen molar-refractivity contribution in [3.8, 4) is 12.3 Å². The van der Waals surface area contributed by atoms with Gasteiger partial charge in [-0.2, -0.15) is 13.2 Å². The molecule has 1 fully saturated rings. The molecule has 0 bridgehead atoms. The molecule has 34 heavy (non-hydrogen) atoms. The Balaban J connectivity index is 2.01. The number of carbonyl (C=O) groups is 1. The summed E-state index contributed by atoms with van der Waals surface area (Å²) in [4.78, 5) is 24.6. The molecule has 1 atom stereocenters. The number of aromatic nitrogens is 1. The Morgan fingerprint density at radius 2 is 1.94 bits per heavy atom. The third-order valence-corrected chi connectivity index (χ3v) is 6.26. The minimum atomic E-state index is -4.97. The first-order valence-corrected chi connectivity index (χ1v) is 11.1. The first kappa shape index (κ1) is 25.5. The van der Waals surface area contributed by atoms with E-state index in [1.807, 2.05) is 0 Å². The highest BCUT2D eigenvalue weighted by Gasteiger charge is 2.56. The van der Waals surface area contributed by atoms with Gasteiger partial charge in [0.2, 0.25) is 0 Å². The number of aliphatic hydroxyl groups is 1. The molecule has 0 saturated heterocycles. The number of benzene rings is 1. The van der Waals surface area contributed by atoms with Crippen LogP contribution in [0.25, 0.3) is 6.08 Å². The molecule has 1 aliphatic rings. The number of hydrogen-bond donors (Lipinski definition) is 1. The molecule has 0 amide bonds. The van der Waals surface area contributed by atoms with Crippen LogP contribution in [0.5, 0.6) is 0 Å². The number of pyridine rings is 1.